The quantitative estimate of drug-likeness (QED) is 0.704. The molecule has 1 aromatic heterocycles. The van der Waals surface area contributed by atoms with E-state index < -0.39 is 0 Å². The van der Waals surface area contributed by atoms with E-state index in [9.17, 15) is 9.59 Å². The van der Waals surface area contributed by atoms with Gasteiger partial charge in [0.05, 0.1) is 12.3 Å². The van der Waals surface area contributed by atoms with Crippen molar-refractivity contribution in [2.45, 2.75) is 24.9 Å². The fourth-order valence-corrected chi connectivity index (χ4v) is 2.69. The van der Waals surface area contributed by atoms with Gasteiger partial charge in [-0.05, 0) is 62.8 Å². The second kappa shape index (κ2) is 8.68. The number of benzene rings is 1. The maximum absolute atomic E-state index is 12.1. The first-order valence-corrected chi connectivity index (χ1v) is 9.09. The Bertz CT molecular complexity index is 791. The number of rotatable bonds is 8. The zero-order valence-electron chi connectivity index (χ0n) is 15.6. The van der Waals surface area contributed by atoms with Crippen LogP contribution in [0, 0.1) is 0 Å². The molecule has 1 aliphatic carbocycles. The number of likely N-dealkylation sites (N-methyl/N-ethyl adjacent to an activating group) is 1. The molecule has 6 nitrogen and oxygen atoms in total. The number of amides is 2. The predicted octanol–water partition coefficient (Wildman–Crippen LogP) is 2.60. The number of carbonyl (C=O) groups excluding carboxylic acids is 2. The lowest BCUT2D eigenvalue weighted by Crippen LogP contribution is -2.33. The molecule has 0 radical (unpaired) electrons. The zero-order valence-corrected chi connectivity index (χ0v) is 15.6. The van der Waals surface area contributed by atoms with Gasteiger partial charge in [0, 0.05) is 24.2 Å². The molecule has 2 amide bonds. The number of furan rings is 1. The van der Waals surface area contributed by atoms with Crippen LogP contribution in [-0.2, 0) is 4.79 Å². The van der Waals surface area contributed by atoms with Crippen LogP contribution in [0.4, 0.5) is 0 Å². The average Bonchev–Trinajstić information content (AvgIpc) is 3.30. The van der Waals surface area contributed by atoms with Crippen LogP contribution < -0.4 is 10.6 Å². The molecule has 1 heterocycles. The van der Waals surface area contributed by atoms with Gasteiger partial charge in [0.25, 0.3) is 5.91 Å². The van der Waals surface area contributed by atoms with Crippen LogP contribution >= 0.6 is 0 Å². The van der Waals surface area contributed by atoms with E-state index in [1.54, 1.807) is 24.5 Å². The molecule has 6 heteroatoms. The van der Waals surface area contributed by atoms with Crippen LogP contribution in [0.5, 0.6) is 0 Å². The predicted molar refractivity (Wildman–Crippen MR) is 104 cm³/mol. The van der Waals surface area contributed by atoms with E-state index in [0.717, 1.165) is 24.2 Å². The van der Waals surface area contributed by atoms with Gasteiger partial charge in [0.15, 0.2) is 0 Å². The summed E-state index contributed by atoms with van der Waals surface area (Å²) in [4.78, 5) is 26.1. The molecular weight excluding hydrogens is 342 g/mol. The summed E-state index contributed by atoms with van der Waals surface area (Å²) in [5, 5.41) is 5.84. The van der Waals surface area contributed by atoms with E-state index in [2.05, 4.69) is 10.6 Å². The molecule has 0 aliphatic heterocycles. The van der Waals surface area contributed by atoms with Crippen molar-refractivity contribution < 1.29 is 14.0 Å². The number of hydrogen-bond donors (Lipinski definition) is 2. The Morgan fingerprint density at radius 2 is 1.96 bits per heavy atom. The summed E-state index contributed by atoms with van der Waals surface area (Å²) in [5.74, 6) is 0.590. The van der Waals surface area contributed by atoms with Crippen LogP contribution in [0.1, 0.15) is 40.6 Å². The number of nitrogens with one attached hydrogen (secondary N) is 2. The molecule has 0 saturated heterocycles. The number of nitrogens with zero attached hydrogens (tertiary/aromatic N) is 1. The van der Waals surface area contributed by atoms with Gasteiger partial charge in [-0.15, -0.1) is 0 Å². The molecule has 27 heavy (non-hydrogen) atoms. The molecule has 0 bridgehead atoms. The second-order valence-corrected chi connectivity index (χ2v) is 6.94. The van der Waals surface area contributed by atoms with Gasteiger partial charge < -0.3 is 15.1 Å². The van der Waals surface area contributed by atoms with Gasteiger partial charge in [-0.25, -0.2) is 0 Å². The third-order valence-electron chi connectivity index (χ3n) is 4.48. The fraction of sp³-hybridized carbons (Fsp3) is 0.333. The highest BCUT2D eigenvalue weighted by atomic mass is 16.3. The molecule has 3 rings (SSSR count). The van der Waals surface area contributed by atoms with E-state index >= 15 is 0 Å². The molecule has 2 aromatic rings. The minimum absolute atomic E-state index is 0.0263. The van der Waals surface area contributed by atoms with E-state index in [-0.39, 0.29) is 17.9 Å². The fourth-order valence-electron chi connectivity index (χ4n) is 2.69. The lowest BCUT2D eigenvalue weighted by molar-refractivity contribution is -0.116. The average molecular weight is 367 g/mol. The summed E-state index contributed by atoms with van der Waals surface area (Å²) in [5.41, 5.74) is 1.50. The largest absolute Gasteiger partial charge is 0.468 e. The molecule has 0 spiro atoms. The van der Waals surface area contributed by atoms with E-state index in [4.69, 9.17) is 4.42 Å². The van der Waals surface area contributed by atoms with Crippen molar-refractivity contribution in [1.82, 2.24) is 15.5 Å². The highest BCUT2D eigenvalue weighted by molar-refractivity contribution is 5.95. The van der Waals surface area contributed by atoms with Crippen molar-refractivity contribution in [3.05, 3.63) is 65.6 Å². The Balaban J connectivity index is 1.50. The number of carbonyl (C=O) groups is 2. The number of hydrogen-bond acceptors (Lipinski definition) is 4. The SMILES string of the molecule is CN(C)C(CNC(=O)/C=C/c1ccc(C(=O)NC2CC2)cc1)c1ccco1. The van der Waals surface area contributed by atoms with Gasteiger partial charge in [0.1, 0.15) is 5.76 Å². The molecule has 1 atom stereocenters. The summed E-state index contributed by atoms with van der Waals surface area (Å²) in [6.45, 7) is 0.448. The van der Waals surface area contributed by atoms with Crippen molar-refractivity contribution in [2.75, 3.05) is 20.6 Å². The first-order valence-electron chi connectivity index (χ1n) is 9.09. The van der Waals surface area contributed by atoms with Gasteiger partial charge in [0.2, 0.25) is 5.91 Å². The van der Waals surface area contributed by atoms with E-state index in [1.165, 1.54) is 6.08 Å². The topological polar surface area (TPSA) is 74.6 Å². The van der Waals surface area contributed by atoms with Gasteiger partial charge in [-0.1, -0.05) is 12.1 Å². The van der Waals surface area contributed by atoms with Crippen molar-refractivity contribution in [3.63, 3.8) is 0 Å². The molecule has 1 aliphatic rings. The lowest BCUT2D eigenvalue weighted by Gasteiger charge is -2.22. The van der Waals surface area contributed by atoms with Crippen molar-refractivity contribution in [1.29, 1.82) is 0 Å². The molecule has 2 N–H and O–H groups in total. The van der Waals surface area contributed by atoms with Crippen molar-refractivity contribution >= 4 is 17.9 Å². The summed E-state index contributed by atoms with van der Waals surface area (Å²) >= 11 is 0. The van der Waals surface area contributed by atoms with Gasteiger partial charge in [-0.2, -0.15) is 0 Å². The van der Waals surface area contributed by atoms with Gasteiger partial charge in [-0.3, -0.25) is 14.5 Å². The Labute approximate surface area is 159 Å². The second-order valence-electron chi connectivity index (χ2n) is 6.94. The molecule has 1 saturated carbocycles. The summed E-state index contributed by atoms with van der Waals surface area (Å²) < 4.78 is 5.43. The Kier molecular flexibility index (Phi) is 6.08. The zero-order chi connectivity index (χ0) is 19.2. The molecule has 142 valence electrons. The molecule has 1 aromatic carbocycles. The van der Waals surface area contributed by atoms with Crippen molar-refractivity contribution in [3.8, 4) is 0 Å². The molecule has 1 fully saturated rings. The minimum atomic E-state index is -0.177. The van der Waals surface area contributed by atoms with Crippen LogP contribution in [0.3, 0.4) is 0 Å². The Hall–Kier alpha value is -2.86. The van der Waals surface area contributed by atoms with Crippen molar-refractivity contribution in [2.24, 2.45) is 0 Å². The van der Waals surface area contributed by atoms with Crippen LogP contribution in [0.15, 0.2) is 53.2 Å². The summed E-state index contributed by atoms with van der Waals surface area (Å²) in [7, 11) is 3.88. The summed E-state index contributed by atoms with van der Waals surface area (Å²) in [6, 6.07) is 11.3. The maximum Gasteiger partial charge on any atom is 0.251 e. The van der Waals surface area contributed by atoms with Crippen LogP contribution in [0.2, 0.25) is 0 Å². The molecule has 1 unspecified atom stereocenters. The minimum Gasteiger partial charge on any atom is -0.468 e. The smallest absolute Gasteiger partial charge is 0.251 e. The standard InChI is InChI=1S/C21H25N3O3/c1-24(2)18(19-4-3-13-27-19)14-22-20(25)12-7-15-5-8-16(9-6-15)21(26)23-17-10-11-17/h3-9,12-13,17-18H,10-11,14H2,1-2H3,(H,22,25)(H,23,26)/b12-7+. The highest BCUT2D eigenvalue weighted by Gasteiger charge is 2.23. The van der Waals surface area contributed by atoms with E-state index in [0.29, 0.717) is 18.2 Å². The maximum atomic E-state index is 12.1. The summed E-state index contributed by atoms with van der Waals surface area (Å²) in [6.07, 6.45) is 6.98. The highest BCUT2D eigenvalue weighted by Crippen LogP contribution is 2.19. The molecular formula is C21H25N3O3. The lowest BCUT2D eigenvalue weighted by atomic mass is 10.1. The first kappa shape index (κ1) is 18.9. The third-order valence-corrected chi connectivity index (χ3v) is 4.48. The van der Waals surface area contributed by atoms with E-state index in [1.807, 2.05) is 43.3 Å². The van der Waals surface area contributed by atoms with Crippen LogP contribution in [0.25, 0.3) is 6.08 Å². The van der Waals surface area contributed by atoms with Gasteiger partial charge >= 0.3 is 0 Å². The normalized spacial score (nSPS) is 15.1. The first-order chi connectivity index (χ1) is 13.0. The Morgan fingerprint density at radius 3 is 2.56 bits per heavy atom. The third kappa shape index (κ3) is 5.56. The Morgan fingerprint density at radius 1 is 1.22 bits per heavy atom. The van der Waals surface area contributed by atoms with Crippen LogP contribution in [-0.4, -0.2) is 43.4 Å². The monoisotopic (exact) mass is 367 g/mol.